The maximum absolute atomic E-state index is 6.02. The van der Waals surface area contributed by atoms with E-state index in [0.717, 1.165) is 31.0 Å². The first kappa shape index (κ1) is 15.8. The zero-order chi connectivity index (χ0) is 15.5. The topological polar surface area (TPSA) is 28.4 Å². The van der Waals surface area contributed by atoms with E-state index in [-0.39, 0.29) is 5.54 Å². The van der Waals surface area contributed by atoms with Gasteiger partial charge in [0.2, 0.25) is 0 Å². The summed E-state index contributed by atoms with van der Waals surface area (Å²) in [5.41, 5.74) is 2.32. The Morgan fingerprint density at radius 1 is 1.29 bits per heavy atom. The zero-order valence-electron chi connectivity index (χ0n) is 13.6. The maximum Gasteiger partial charge on any atom is 0.134 e. The second-order valence-corrected chi connectivity index (χ2v) is 6.37. The summed E-state index contributed by atoms with van der Waals surface area (Å²) in [7, 11) is 1.95. The van der Waals surface area contributed by atoms with Crippen molar-refractivity contribution in [3.05, 3.63) is 48.2 Å². The molecule has 0 saturated heterocycles. The van der Waals surface area contributed by atoms with Crippen LogP contribution in [0, 0.1) is 0 Å². The average Bonchev–Trinajstić information content (AvgIpc) is 2.76. The van der Waals surface area contributed by atoms with Crippen LogP contribution in [0.25, 0.3) is 11.0 Å². The molecular weight excluding hydrogens is 260 g/mol. The SMILES string of the molecule is C=CCN(Cc1c(CNC)oc2ccccc12)C(C)(C)C. The summed E-state index contributed by atoms with van der Waals surface area (Å²) in [5, 5.41) is 4.41. The van der Waals surface area contributed by atoms with E-state index in [1.54, 1.807) is 0 Å². The molecule has 0 aliphatic rings. The summed E-state index contributed by atoms with van der Waals surface area (Å²) in [5.74, 6) is 1.03. The number of fused-ring (bicyclic) bond motifs is 1. The van der Waals surface area contributed by atoms with Crippen LogP contribution in [0.4, 0.5) is 0 Å². The first-order valence-electron chi connectivity index (χ1n) is 7.47. The van der Waals surface area contributed by atoms with E-state index in [4.69, 9.17) is 4.42 Å². The van der Waals surface area contributed by atoms with Gasteiger partial charge in [-0.1, -0.05) is 24.3 Å². The fourth-order valence-corrected chi connectivity index (χ4v) is 2.55. The van der Waals surface area contributed by atoms with Gasteiger partial charge in [-0.25, -0.2) is 0 Å². The van der Waals surface area contributed by atoms with Crippen LogP contribution < -0.4 is 5.32 Å². The molecule has 0 saturated carbocycles. The molecule has 114 valence electrons. The number of nitrogens with zero attached hydrogens (tertiary/aromatic N) is 1. The van der Waals surface area contributed by atoms with Crippen LogP contribution >= 0.6 is 0 Å². The van der Waals surface area contributed by atoms with E-state index in [9.17, 15) is 0 Å². The Morgan fingerprint density at radius 2 is 2.00 bits per heavy atom. The van der Waals surface area contributed by atoms with Crippen LogP contribution in [-0.2, 0) is 13.1 Å². The molecule has 2 rings (SSSR count). The molecule has 0 atom stereocenters. The van der Waals surface area contributed by atoms with Gasteiger partial charge in [-0.15, -0.1) is 6.58 Å². The predicted molar refractivity (Wildman–Crippen MR) is 89.3 cm³/mol. The lowest BCUT2D eigenvalue weighted by atomic mass is 10.0. The Labute approximate surface area is 127 Å². The fourth-order valence-electron chi connectivity index (χ4n) is 2.55. The normalized spacial score (nSPS) is 12.2. The molecule has 1 heterocycles. The second-order valence-electron chi connectivity index (χ2n) is 6.37. The van der Waals surface area contributed by atoms with E-state index in [2.05, 4.69) is 49.7 Å². The number of hydrogen-bond donors (Lipinski definition) is 1. The van der Waals surface area contributed by atoms with Gasteiger partial charge >= 0.3 is 0 Å². The van der Waals surface area contributed by atoms with Crippen molar-refractivity contribution in [2.45, 2.75) is 39.4 Å². The van der Waals surface area contributed by atoms with Crippen molar-refractivity contribution in [3.8, 4) is 0 Å². The third kappa shape index (κ3) is 3.55. The van der Waals surface area contributed by atoms with E-state index in [1.165, 1.54) is 10.9 Å². The highest BCUT2D eigenvalue weighted by Crippen LogP contribution is 2.29. The van der Waals surface area contributed by atoms with E-state index in [1.807, 2.05) is 25.3 Å². The van der Waals surface area contributed by atoms with Gasteiger partial charge in [0.1, 0.15) is 11.3 Å². The molecule has 1 N–H and O–H groups in total. The zero-order valence-corrected chi connectivity index (χ0v) is 13.6. The van der Waals surface area contributed by atoms with Crippen molar-refractivity contribution in [1.29, 1.82) is 0 Å². The summed E-state index contributed by atoms with van der Waals surface area (Å²) in [6.45, 7) is 13.1. The van der Waals surface area contributed by atoms with Crippen LogP contribution in [-0.4, -0.2) is 24.0 Å². The van der Waals surface area contributed by atoms with Crippen LogP contribution in [0.5, 0.6) is 0 Å². The van der Waals surface area contributed by atoms with Gasteiger partial charge in [-0.05, 0) is 33.9 Å². The molecule has 0 amide bonds. The molecule has 0 radical (unpaired) electrons. The lowest BCUT2D eigenvalue weighted by molar-refractivity contribution is 0.145. The molecule has 0 aliphatic heterocycles. The van der Waals surface area contributed by atoms with Crippen LogP contribution in [0.15, 0.2) is 41.3 Å². The quantitative estimate of drug-likeness (QED) is 0.815. The molecule has 0 spiro atoms. The van der Waals surface area contributed by atoms with Crippen molar-refractivity contribution >= 4 is 11.0 Å². The predicted octanol–water partition coefficient (Wildman–Crippen LogP) is 3.94. The Balaban J connectivity index is 2.43. The van der Waals surface area contributed by atoms with Crippen LogP contribution in [0.3, 0.4) is 0 Å². The van der Waals surface area contributed by atoms with E-state index in [0.29, 0.717) is 0 Å². The Bertz CT molecular complexity index is 607. The molecule has 0 fully saturated rings. The molecule has 0 aliphatic carbocycles. The number of para-hydroxylation sites is 1. The minimum Gasteiger partial charge on any atom is -0.459 e. The Morgan fingerprint density at radius 3 is 2.62 bits per heavy atom. The summed E-state index contributed by atoms with van der Waals surface area (Å²) in [6.07, 6.45) is 1.96. The molecule has 3 heteroatoms. The average molecular weight is 286 g/mol. The Kier molecular flexibility index (Phi) is 4.86. The summed E-state index contributed by atoms with van der Waals surface area (Å²) >= 11 is 0. The van der Waals surface area contributed by atoms with Crippen LogP contribution in [0.2, 0.25) is 0 Å². The summed E-state index contributed by atoms with van der Waals surface area (Å²) < 4.78 is 6.02. The van der Waals surface area contributed by atoms with E-state index >= 15 is 0 Å². The molecule has 3 nitrogen and oxygen atoms in total. The van der Waals surface area contributed by atoms with Gasteiger partial charge in [-0.3, -0.25) is 4.90 Å². The van der Waals surface area contributed by atoms with Crippen LogP contribution in [0.1, 0.15) is 32.1 Å². The first-order valence-corrected chi connectivity index (χ1v) is 7.47. The smallest absolute Gasteiger partial charge is 0.134 e. The van der Waals surface area contributed by atoms with Crippen molar-refractivity contribution in [1.82, 2.24) is 10.2 Å². The third-order valence-electron chi connectivity index (χ3n) is 3.77. The van der Waals surface area contributed by atoms with Crippen molar-refractivity contribution < 1.29 is 4.42 Å². The number of nitrogens with one attached hydrogen (secondary N) is 1. The van der Waals surface area contributed by atoms with Gasteiger partial charge in [-0.2, -0.15) is 0 Å². The van der Waals surface area contributed by atoms with Gasteiger partial charge in [0.15, 0.2) is 0 Å². The van der Waals surface area contributed by atoms with Gasteiger partial charge in [0.25, 0.3) is 0 Å². The second kappa shape index (κ2) is 6.46. The fraction of sp³-hybridized carbons (Fsp3) is 0.444. The number of benzene rings is 1. The minimum atomic E-state index is 0.0868. The highest BCUT2D eigenvalue weighted by atomic mass is 16.3. The first-order chi connectivity index (χ1) is 9.97. The van der Waals surface area contributed by atoms with Crippen molar-refractivity contribution in [2.75, 3.05) is 13.6 Å². The van der Waals surface area contributed by atoms with Gasteiger partial charge < -0.3 is 9.73 Å². The van der Waals surface area contributed by atoms with Crippen molar-refractivity contribution in [2.24, 2.45) is 0 Å². The molecule has 1 aromatic carbocycles. The minimum absolute atomic E-state index is 0.0868. The molecule has 0 bridgehead atoms. The standard InChI is InChI=1S/C18H26N2O/c1-6-11-20(18(2,3)4)13-15-14-9-7-8-10-16(14)21-17(15)12-19-5/h6-10,19H,1,11-13H2,2-5H3. The highest BCUT2D eigenvalue weighted by Gasteiger charge is 2.23. The number of rotatable bonds is 6. The monoisotopic (exact) mass is 286 g/mol. The van der Waals surface area contributed by atoms with Gasteiger partial charge in [0, 0.05) is 29.6 Å². The lowest BCUT2D eigenvalue weighted by Crippen LogP contribution is -2.41. The van der Waals surface area contributed by atoms with Gasteiger partial charge in [0.05, 0.1) is 6.54 Å². The summed E-state index contributed by atoms with van der Waals surface area (Å²) in [4.78, 5) is 2.41. The maximum atomic E-state index is 6.02. The summed E-state index contributed by atoms with van der Waals surface area (Å²) in [6, 6.07) is 8.26. The third-order valence-corrected chi connectivity index (χ3v) is 3.77. The molecule has 0 unspecified atom stereocenters. The largest absolute Gasteiger partial charge is 0.459 e. The molecule has 2 aromatic rings. The molecular formula is C18H26N2O. The highest BCUT2D eigenvalue weighted by molar-refractivity contribution is 5.82. The lowest BCUT2D eigenvalue weighted by Gasteiger charge is -2.34. The number of hydrogen-bond acceptors (Lipinski definition) is 3. The van der Waals surface area contributed by atoms with Crippen molar-refractivity contribution in [3.63, 3.8) is 0 Å². The molecule has 1 aromatic heterocycles. The Hall–Kier alpha value is -1.58. The number of furan rings is 1. The van der Waals surface area contributed by atoms with E-state index < -0.39 is 0 Å². The molecule has 21 heavy (non-hydrogen) atoms.